The molecule has 0 saturated carbocycles. The molecule has 0 aliphatic carbocycles. The van der Waals surface area contributed by atoms with E-state index >= 15 is 0 Å². The average Bonchev–Trinajstić information content (AvgIpc) is 2.29. The summed E-state index contributed by atoms with van der Waals surface area (Å²) in [6.07, 6.45) is 8.16. The van der Waals surface area contributed by atoms with Crippen LogP contribution in [0.4, 0.5) is 0 Å². The van der Waals surface area contributed by atoms with Gasteiger partial charge in [-0.05, 0) is 38.8 Å². The second kappa shape index (κ2) is 8.12. The lowest BCUT2D eigenvalue weighted by molar-refractivity contribution is 0.225. The van der Waals surface area contributed by atoms with Crippen molar-refractivity contribution in [2.45, 2.75) is 58.4 Å². The van der Waals surface area contributed by atoms with Gasteiger partial charge in [0.15, 0.2) is 0 Å². The van der Waals surface area contributed by atoms with Crippen LogP contribution < -0.4 is 5.32 Å². The highest BCUT2D eigenvalue weighted by Crippen LogP contribution is 2.07. The van der Waals surface area contributed by atoms with Crippen LogP contribution in [0.15, 0.2) is 0 Å². The average molecular weight is 212 g/mol. The van der Waals surface area contributed by atoms with E-state index in [1.165, 1.54) is 64.7 Å². The highest BCUT2D eigenvalue weighted by molar-refractivity contribution is 4.68. The molecule has 90 valence electrons. The lowest BCUT2D eigenvalue weighted by Gasteiger charge is -2.27. The van der Waals surface area contributed by atoms with E-state index in [4.69, 9.17) is 0 Å². The number of rotatable bonds is 7. The molecule has 0 aromatic heterocycles. The fraction of sp³-hybridized carbons (Fsp3) is 1.00. The van der Waals surface area contributed by atoms with Crippen LogP contribution in [0.3, 0.4) is 0 Å². The minimum atomic E-state index is 0.750. The lowest BCUT2D eigenvalue weighted by atomic mass is 10.1. The van der Waals surface area contributed by atoms with Gasteiger partial charge in [0.2, 0.25) is 0 Å². The molecule has 2 heteroatoms. The van der Waals surface area contributed by atoms with Gasteiger partial charge in [-0.25, -0.2) is 0 Å². The van der Waals surface area contributed by atoms with Gasteiger partial charge in [0.05, 0.1) is 0 Å². The molecule has 1 heterocycles. The Morgan fingerprint density at radius 2 is 1.87 bits per heavy atom. The van der Waals surface area contributed by atoms with Crippen molar-refractivity contribution in [3.8, 4) is 0 Å². The molecular weight excluding hydrogens is 184 g/mol. The summed E-state index contributed by atoms with van der Waals surface area (Å²) < 4.78 is 0. The number of nitrogens with one attached hydrogen (secondary N) is 1. The zero-order chi connectivity index (χ0) is 10.9. The second-order valence-corrected chi connectivity index (χ2v) is 4.75. The van der Waals surface area contributed by atoms with E-state index in [-0.39, 0.29) is 0 Å². The predicted octanol–water partition coefficient (Wildman–Crippen LogP) is 2.64. The van der Waals surface area contributed by atoms with Gasteiger partial charge in [-0.15, -0.1) is 0 Å². The molecule has 1 fully saturated rings. The monoisotopic (exact) mass is 212 g/mol. The Labute approximate surface area is 95.4 Å². The van der Waals surface area contributed by atoms with Crippen LogP contribution in [0.25, 0.3) is 0 Å². The fourth-order valence-corrected chi connectivity index (χ4v) is 2.41. The number of hydrogen-bond donors (Lipinski definition) is 1. The second-order valence-electron chi connectivity index (χ2n) is 4.75. The van der Waals surface area contributed by atoms with E-state index in [9.17, 15) is 0 Å². The molecule has 1 unspecified atom stereocenters. The summed E-state index contributed by atoms with van der Waals surface area (Å²) in [7, 11) is 0. The van der Waals surface area contributed by atoms with Gasteiger partial charge in [-0.2, -0.15) is 0 Å². The Hall–Kier alpha value is -0.0800. The summed E-state index contributed by atoms with van der Waals surface area (Å²) in [6, 6.07) is 0.750. The zero-order valence-corrected chi connectivity index (χ0v) is 10.6. The molecule has 1 rings (SSSR count). The van der Waals surface area contributed by atoms with Crippen LogP contribution in [0.2, 0.25) is 0 Å². The highest BCUT2D eigenvalue weighted by Gasteiger charge is 2.10. The summed E-state index contributed by atoms with van der Waals surface area (Å²) in [5.74, 6) is 0. The molecule has 2 nitrogen and oxygen atoms in total. The van der Waals surface area contributed by atoms with Crippen LogP contribution in [0, 0.1) is 0 Å². The number of likely N-dealkylation sites (tertiary alicyclic amines) is 1. The van der Waals surface area contributed by atoms with Gasteiger partial charge in [0.1, 0.15) is 0 Å². The van der Waals surface area contributed by atoms with E-state index in [1.54, 1.807) is 0 Å². The van der Waals surface area contributed by atoms with E-state index < -0.39 is 0 Å². The number of nitrogens with zero attached hydrogens (tertiary/aromatic N) is 1. The van der Waals surface area contributed by atoms with Crippen LogP contribution in [0.1, 0.15) is 52.4 Å². The molecule has 0 aromatic rings. The first-order valence-corrected chi connectivity index (χ1v) is 6.82. The fourth-order valence-electron chi connectivity index (χ4n) is 2.41. The Morgan fingerprint density at radius 3 is 2.47 bits per heavy atom. The minimum Gasteiger partial charge on any atom is -0.313 e. The van der Waals surface area contributed by atoms with Crippen LogP contribution >= 0.6 is 0 Å². The third-order valence-corrected chi connectivity index (χ3v) is 3.44. The van der Waals surface area contributed by atoms with Crippen molar-refractivity contribution in [1.82, 2.24) is 10.2 Å². The molecule has 0 radical (unpaired) electrons. The van der Waals surface area contributed by atoms with Crippen molar-refractivity contribution in [1.29, 1.82) is 0 Å². The molecule has 1 N–H and O–H groups in total. The molecule has 0 spiro atoms. The predicted molar refractivity (Wildman–Crippen MR) is 67.3 cm³/mol. The molecule has 1 atom stereocenters. The van der Waals surface area contributed by atoms with Crippen LogP contribution in [0.5, 0.6) is 0 Å². The number of piperidine rings is 1. The Morgan fingerprint density at radius 1 is 1.13 bits per heavy atom. The summed E-state index contributed by atoms with van der Waals surface area (Å²) in [6.45, 7) is 9.64. The first-order chi connectivity index (χ1) is 7.36. The standard InChI is InChI=1S/C13H28N2/c1-3-8-13(4-2)14-9-12-15-10-6-5-7-11-15/h13-14H,3-12H2,1-2H3. The smallest absolute Gasteiger partial charge is 0.0107 e. The maximum atomic E-state index is 3.68. The maximum Gasteiger partial charge on any atom is 0.0107 e. The van der Waals surface area contributed by atoms with Crippen molar-refractivity contribution < 1.29 is 0 Å². The first kappa shape index (κ1) is 13.0. The van der Waals surface area contributed by atoms with E-state index in [0.29, 0.717) is 0 Å². The van der Waals surface area contributed by atoms with Gasteiger partial charge in [0.25, 0.3) is 0 Å². The van der Waals surface area contributed by atoms with Crippen molar-refractivity contribution in [3.63, 3.8) is 0 Å². The van der Waals surface area contributed by atoms with Crippen molar-refractivity contribution in [2.24, 2.45) is 0 Å². The minimum absolute atomic E-state index is 0.750. The zero-order valence-electron chi connectivity index (χ0n) is 10.6. The Balaban J connectivity index is 2.03. The largest absolute Gasteiger partial charge is 0.313 e. The summed E-state index contributed by atoms with van der Waals surface area (Å²) >= 11 is 0. The van der Waals surface area contributed by atoms with Gasteiger partial charge >= 0.3 is 0 Å². The quantitative estimate of drug-likeness (QED) is 0.698. The van der Waals surface area contributed by atoms with Crippen molar-refractivity contribution in [3.05, 3.63) is 0 Å². The van der Waals surface area contributed by atoms with Crippen molar-refractivity contribution >= 4 is 0 Å². The van der Waals surface area contributed by atoms with Gasteiger partial charge < -0.3 is 10.2 Å². The molecule has 1 aliphatic heterocycles. The van der Waals surface area contributed by atoms with E-state index in [1.807, 2.05) is 0 Å². The maximum absolute atomic E-state index is 3.68. The molecule has 0 bridgehead atoms. The van der Waals surface area contributed by atoms with E-state index in [2.05, 4.69) is 24.1 Å². The van der Waals surface area contributed by atoms with Crippen molar-refractivity contribution in [2.75, 3.05) is 26.2 Å². The first-order valence-electron chi connectivity index (χ1n) is 6.82. The van der Waals surface area contributed by atoms with Crippen LogP contribution in [-0.4, -0.2) is 37.1 Å². The van der Waals surface area contributed by atoms with Gasteiger partial charge in [-0.1, -0.05) is 26.7 Å². The normalized spacial score (nSPS) is 20.4. The highest BCUT2D eigenvalue weighted by atomic mass is 15.1. The molecule has 0 aromatic carbocycles. The summed E-state index contributed by atoms with van der Waals surface area (Å²) in [5.41, 5.74) is 0. The summed E-state index contributed by atoms with van der Waals surface area (Å²) in [5, 5.41) is 3.68. The van der Waals surface area contributed by atoms with E-state index in [0.717, 1.165) is 6.04 Å². The molecule has 1 aliphatic rings. The third kappa shape index (κ3) is 5.53. The SMILES string of the molecule is CCCC(CC)NCCN1CCCCC1. The Bertz CT molecular complexity index is 137. The third-order valence-electron chi connectivity index (χ3n) is 3.44. The molecular formula is C13H28N2. The molecule has 1 saturated heterocycles. The summed E-state index contributed by atoms with van der Waals surface area (Å²) in [4.78, 5) is 2.61. The lowest BCUT2D eigenvalue weighted by Crippen LogP contribution is -2.39. The van der Waals surface area contributed by atoms with Gasteiger partial charge in [0, 0.05) is 19.1 Å². The molecule has 15 heavy (non-hydrogen) atoms. The molecule has 0 amide bonds. The Kier molecular flexibility index (Phi) is 7.03. The topological polar surface area (TPSA) is 15.3 Å². The number of hydrogen-bond acceptors (Lipinski definition) is 2. The van der Waals surface area contributed by atoms with Gasteiger partial charge in [-0.3, -0.25) is 0 Å². The van der Waals surface area contributed by atoms with Crippen LogP contribution in [-0.2, 0) is 0 Å².